The number of hydrogen-bond acceptors (Lipinski definition) is 2. The fraction of sp³-hybridized carbons (Fsp3) is 0.818. The second kappa shape index (κ2) is 5.40. The summed E-state index contributed by atoms with van der Waals surface area (Å²) in [6, 6.07) is 0. The van der Waals surface area contributed by atoms with Crippen molar-refractivity contribution in [2.75, 3.05) is 33.2 Å². The van der Waals surface area contributed by atoms with Gasteiger partial charge in [0.05, 0.1) is 0 Å². The molecule has 76 valence electrons. The van der Waals surface area contributed by atoms with Crippen LogP contribution in [0.2, 0.25) is 0 Å². The highest BCUT2D eigenvalue weighted by Gasteiger charge is 2.18. The van der Waals surface area contributed by atoms with E-state index < -0.39 is 0 Å². The average molecular weight is 182 g/mol. The molecule has 0 amide bonds. The van der Waals surface area contributed by atoms with Crippen molar-refractivity contribution >= 4 is 0 Å². The minimum absolute atomic E-state index is 0.856. The largest absolute Gasteiger partial charge is 0.313 e. The highest BCUT2D eigenvalue weighted by atomic mass is 15.1. The van der Waals surface area contributed by atoms with Crippen LogP contribution in [0.15, 0.2) is 12.2 Å². The molecule has 1 atom stereocenters. The fourth-order valence-electron chi connectivity index (χ4n) is 1.77. The van der Waals surface area contributed by atoms with Crippen molar-refractivity contribution in [2.24, 2.45) is 5.92 Å². The quantitative estimate of drug-likeness (QED) is 0.648. The Bertz CT molecular complexity index is 165. The standard InChI is InChI=1S/C11H22N2/c1-4-10(2)7-12-8-11-5-6-13(3)9-11/h11-12H,2,4-9H2,1,3H3. The van der Waals surface area contributed by atoms with Crippen LogP contribution < -0.4 is 5.32 Å². The van der Waals surface area contributed by atoms with E-state index in [2.05, 4.69) is 30.8 Å². The summed E-state index contributed by atoms with van der Waals surface area (Å²) >= 11 is 0. The monoisotopic (exact) mass is 182 g/mol. The number of nitrogens with zero attached hydrogens (tertiary/aromatic N) is 1. The highest BCUT2D eigenvalue weighted by molar-refractivity contribution is 4.95. The Kier molecular flexibility index (Phi) is 4.46. The summed E-state index contributed by atoms with van der Waals surface area (Å²) in [4.78, 5) is 2.40. The molecule has 0 spiro atoms. The lowest BCUT2D eigenvalue weighted by Crippen LogP contribution is -2.26. The van der Waals surface area contributed by atoms with Gasteiger partial charge in [0.25, 0.3) is 0 Å². The minimum atomic E-state index is 0.856. The van der Waals surface area contributed by atoms with E-state index in [0.717, 1.165) is 25.4 Å². The summed E-state index contributed by atoms with van der Waals surface area (Å²) in [7, 11) is 2.20. The van der Waals surface area contributed by atoms with Crippen molar-refractivity contribution in [1.29, 1.82) is 0 Å². The first-order chi connectivity index (χ1) is 6.22. The zero-order chi connectivity index (χ0) is 9.68. The van der Waals surface area contributed by atoms with Gasteiger partial charge in [-0.1, -0.05) is 19.1 Å². The van der Waals surface area contributed by atoms with Crippen LogP contribution in [0.5, 0.6) is 0 Å². The molecule has 2 nitrogen and oxygen atoms in total. The van der Waals surface area contributed by atoms with Gasteiger partial charge in [0.15, 0.2) is 0 Å². The molecule has 13 heavy (non-hydrogen) atoms. The lowest BCUT2D eigenvalue weighted by atomic mass is 10.1. The molecule has 1 rings (SSSR count). The molecule has 0 aromatic carbocycles. The Morgan fingerprint density at radius 2 is 2.38 bits per heavy atom. The van der Waals surface area contributed by atoms with Gasteiger partial charge in [-0.15, -0.1) is 0 Å². The summed E-state index contributed by atoms with van der Waals surface area (Å²) in [5, 5.41) is 3.47. The van der Waals surface area contributed by atoms with Gasteiger partial charge in [-0.05, 0) is 38.9 Å². The minimum Gasteiger partial charge on any atom is -0.313 e. The molecule has 0 aromatic heterocycles. The van der Waals surface area contributed by atoms with Crippen molar-refractivity contribution in [3.05, 3.63) is 12.2 Å². The smallest absolute Gasteiger partial charge is 0.0161 e. The number of nitrogens with one attached hydrogen (secondary N) is 1. The van der Waals surface area contributed by atoms with E-state index in [9.17, 15) is 0 Å². The molecule has 0 aliphatic carbocycles. The zero-order valence-electron chi connectivity index (χ0n) is 8.97. The van der Waals surface area contributed by atoms with Gasteiger partial charge in [-0.25, -0.2) is 0 Å². The molecule has 1 aliphatic heterocycles. The summed E-state index contributed by atoms with van der Waals surface area (Å²) < 4.78 is 0. The van der Waals surface area contributed by atoms with E-state index in [4.69, 9.17) is 0 Å². The normalized spacial score (nSPS) is 23.7. The molecular weight excluding hydrogens is 160 g/mol. The van der Waals surface area contributed by atoms with Crippen molar-refractivity contribution in [3.63, 3.8) is 0 Å². The van der Waals surface area contributed by atoms with Crippen molar-refractivity contribution in [3.8, 4) is 0 Å². The molecule has 1 unspecified atom stereocenters. The van der Waals surface area contributed by atoms with Crippen LogP contribution in [0.25, 0.3) is 0 Å². The second-order valence-electron chi connectivity index (χ2n) is 4.15. The topological polar surface area (TPSA) is 15.3 Å². The average Bonchev–Trinajstić information content (AvgIpc) is 2.51. The number of likely N-dealkylation sites (tertiary alicyclic amines) is 1. The van der Waals surface area contributed by atoms with Gasteiger partial charge in [-0.3, -0.25) is 0 Å². The van der Waals surface area contributed by atoms with Crippen molar-refractivity contribution in [1.82, 2.24) is 10.2 Å². The molecule has 1 heterocycles. The maximum Gasteiger partial charge on any atom is 0.0161 e. The Labute approximate surface area is 82.0 Å². The van der Waals surface area contributed by atoms with E-state index >= 15 is 0 Å². The number of rotatable bonds is 5. The van der Waals surface area contributed by atoms with E-state index in [1.54, 1.807) is 0 Å². The third-order valence-electron chi connectivity index (χ3n) is 2.80. The lowest BCUT2D eigenvalue weighted by Gasteiger charge is -2.11. The molecule has 1 saturated heterocycles. The first kappa shape index (κ1) is 10.7. The molecular formula is C11H22N2. The fourth-order valence-corrected chi connectivity index (χ4v) is 1.77. The van der Waals surface area contributed by atoms with Crippen LogP contribution in [-0.2, 0) is 0 Å². The molecule has 1 aliphatic rings. The predicted octanol–water partition coefficient (Wildman–Crippen LogP) is 1.49. The maximum absolute atomic E-state index is 3.98. The van der Waals surface area contributed by atoms with Crippen LogP contribution in [0.3, 0.4) is 0 Å². The van der Waals surface area contributed by atoms with E-state index in [1.807, 2.05) is 0 Å². The first-order valence-corrected chi connectivity index (χ1v) is 5.28. The van der Waals surface area contributed by atoms with Gasteiger partial charge >= 0.3 is 0 Å². The van der Waals surface area contributed by atoms with Gasteiger partial charge < -0.3 is 10.2 Å². The van der Waals surface area contributed by atoms with E-state index in [-0.39, 0.29) is 0 Å². The van der Waals surface area contributed by atoms with Gasteiger partial charge in [0.1, 0.15) is 0 Å². The van der Waals surface area contributed by atoms with Gasteiger partial charge in [-0.2, -0.15) is 0 Å². The lowest BCUT2D eigenvalue weighted by molar-refractivity contribution is 0.390. The molecule has 1 fully saturated rings. The van der Waals surface area contributed by atoms with Crippen LogP contribution in [-0.4, -0.2) is 38.1 Å². The van der Waals surface area contributed by atoms with Crippen molar-refractivity contribution in [2.45, 2.75) is 19.8 Å². The van der Waals surface area contributed by atoms with Gasteiger partial charge in [0, 0.05) is 13.1 Å². The summed E-state index contributed by atoms with van der Waals surface area (Å²) in [6.07, 6.45) is 2.44. The Hall–Kier alpha value is -0.340. The van der Waals surface area contributed by atoms with Crippen molar-refractivity contribution < 1.29 is 0 Å². The first-order valence-electron chi connectivity index (χ1n) is 5.28. The molecule has 0 saturated carbocycles. The molecule has 0 bridgehead atoms. The zero-order valence-corrected chi connectivity index (χ0v) is 8.97. The summed E-state index contributed by atoms with van der Waals surface area (Å²) in [5.74, 6) is 0.856. The molecule has 0 radical (unpaired) electrons. The van der Waals surface area contributed by atoms with E-state index in [1.165, 1.54) is 25.1 Å². The third kappa shape index (κ3) is 3.92. The van der Waals surface area contributed by atoms with Crippen LogP contribution >= 0.6 is 0 Å². The van der Waals surface area contributed by atoms with Crippen LogP contribution in [0.4, 0.5) is 0 Å². The number of hydrogen-bond donors (Lipinski definition) is 1. The van der Waals surface area contributed by atoms with Gasteiger partial charge in [0.2, 0.25) is 0 Å². The molecule has 2 heteroatoms. The summed E-state index contributed by atoms with van der Waals surface area (Å²) in [6.45, 7) is 10.8. The SMILES string of the molecule is C=C(CC)CNCC1CCN(C)C1. The van der Waals surface area contributed by atoms with Crippen LogP contribution in [0, 0.1) is 5.92 Å². The third-order valence-corrected chi connectivity index (χ3v) is 2.80. The van der Waals surface area contributed by atoms with E-state index in [0.29, 0.717) is 0 Å². The summed E-state index contributed by atoms with van der Waals surface area (Å²) in [5.41, 5.74) is 1.31. The Balaban J connectivity index is 2.03. The predicted molar refractivity (Wildman–Crippen MR) is 57.9 cm³/mol. The Morgan fingerprint density at radius 3 is 2.92 bits per heavy atom. The molecule has 1 N–H and O–H groups in total. The Morgan fingerprint density at radius 1 is 1.62 bits per heavy atom. The second-order valence-corrected chi connectivity index (χ2v) is 4.15. The van der Waals surface area contributed by atoms with Crippen LogP contribution in [0.1, 0.15) is 19.8 Å². The maximum atomic E-state index is 3.98. The molecule has 0 aromatic rings. The highest BCUT2D eigenvalue weighted by Crippen LogP contribution is 2.12.